The SMILES string of the molecule is COc1ccccc1NC(=O)C(=O)NCCc1csc(-c2ccc(C(F)(F)F)cc2)n1. The minimum absolute atomic E-state index is 0.175. The van der Waals surface area contributed by atoms with Crippen LogP contribution in [0.4, 0.5) is 18.9 Å². The second kappa shape index (κ2) is 9.61. The Morgan fingerprint density at radius 1 is 1.06 bits per heavy atom. The van der Waals surface area contributed by atoms with Crippen molar-refractivity contribution in [2.75, 3.05) is 19.0 Å². The van der Waals surface area contributed by atoms with Crippen molar-refractivity contribution >= 4 is 28.8 Å². The van der Waals surface area contributed by atoms with Crippen LogP contribution in [0.3, 0.4) is 0 Å². The van der Waals surface area contributed by atoms with Crippen molar-refractivity contribution in [3.63, 3.8) is 0 Å². The smallest absolute Gasteiger partial charge is 0.416 e. The highest BCUT2D eigenvalue weighted by Crippen LogP contribution is 2.31. The number of methoxy groups -OCH3 is 1. The average molecular weight is 449 g/mol. The molecule has 0 fully saturated rings. The van der Waals surface area contributed by atoms with Crippen LogP contribution in [-0.4, -0.2) is 30.5 Å². The highest BCUT2D eigenvalue weighted by molar-refractivity contribution is 7.13. The zero-order chi connectivity index (χ0) is 22.4. The summed E-state index contributed by atoms with van der Waals surface area (Å²) in [5.41, 5.74) is 0.891. The molecule has 0 spiro atoms. The molecular formula is C21H18F3N3O3S. The molecule has 2 aromatic carbocycles. The van der Waals surface area contributed by atoms with E-state index >= 15 is 0 Å². The highest BCUT2D eigenvalue weighted by Gasteiger charge is 2.30. The second-order valence-electron chi connectivity index (χ2n) is 6.38. The number of halogens is 3. The van der Waals surface area contributed by atoms with Crippen molar-refractivity contribution < 1.29 is 27.5 Å². The number of hydrogen-bond acceptors (Lipinski definition) is 5. The van der Waals surface area contributed by atoms with E-state index in [0.29, 0.717) is 34.1 Å². The fourth-order valence-electron chi connectivity index (χ4n) is 2.67. The lowest BCUT2D eigenvalue weighted by molar-refractivity contribution is -0.137. The van der Waals surface area contributed by atoms with Crippen LogP contribution in [0.15, 0.2) is 53.9 Å². The first-order valence-electron chi connectivity index (χ1n) is 9.12. The van der Waals surface area contributed by atoms with Gasteiger partial charge in [0.15, 0.2) is 0 Å². The molecule has 0 atom stereocenters. The summed E-state index contributed by atoms with van der Waals surface area (Å²) >= 11 is 1.29. The molecule has 0 bridgehead atoms. The second-order valence-corrected chi connectivity index (χ2v) is 7.24. The Bertz CT molecular complexity index is 1070. The van der Waals surface area contributed by atoms with Crippen molar-refractivity contribution in [3.8, 4) is 16.3 Å². The summed E-state index contributed by atoms with van der Waals surface area (Å²) in [6.07, 6.45) is -4.02. The fraction of sp³-hybridized carbons (Fsp3) is 0.190. The molecule has 0 saturated heterocycles. The van der Waals surface area contributed by atoms with E-state index in [0.717, 1.165) is 12.1 Å². The van der Waals surface area contributed by atoms with Crippen molar-refractivity contribution in [3.05, 3.63) is 65.2 Å². The Hall–Kier alpha value is -3.40. The molecule has 10 heteroatoms. The third-order valence-electron chi connectivity index (χ3n) is 4.24. The lowest BCUT2D eigenvalue weighted by atomic mass is 10.1. The third-order valence-corrected chi connectivity index (χ3v) is 5.18. The van der Waals surface area contributed by atoms with Crippen LogP contribution in [-0.2, 0) is 22.2 Å². The first-order chi connectivity index (χ1) is 14.8. The van der Waals surface area contributed by atoms with E-state index in [4.69, 9.17) is 4.74 Å². The highest BCUT2D eigenvalue weighted by atomic mass is 32.1. The largest absolute Gasteiger partial charge is 0.495 e. The first kappa shape index (κ1) is 22.3. The molecule has 2 amide bonds. The number of ether oxygens (including phenoxy) is 1. The van der Waals surface area contributed by atoms with E-state index < -0.39 is 23.6 Å². The predicted octanol–water partition coefficient (Wildman–Crippen LogP) is 4.13. The van der Waals surface area contributed by atoms with Crippen LogP contribution in [0.2, 0.25) is 0 Å². The van der Waals surface area contributed by atoms with Crippen molar-refractivity contribution in [2.45, 2.75) is 12.6 Å². The van der Waals surface area contributed by atoms with Gasteiger partial charge in [-0.3, -0.25) is 9.59 Å². The van der Waals surface area contributed by atoms with Gasteiger partial charge in [-0.25, -0.2) is 4.98 Å². The Morgan fingerprint density at radius 2 is 1.77 bits per heavy atom. The quantitative estimate of drug-likeness (QED) is 0.555. The number of nitrogens with zero attached hydrogens (tertiary/aromatic N) is 1. The van der Waals surface area contributed by atoms with Gasteiger partial charge in [-0.15, -0.1) is 11.3 Å². The first-order valence-corrected chi connectivity index (χ1v) is 10.00. The maximum Gasteiger partial charge on any atom is 0.416 e. The number of para-hydroxylation sites is 2. The molecule has 0 aliphatic heterocycles. The van der Waals surface area contributed by atoms with Crippen LogP contribution >= 0.6 is 11.3 Å². The molecule has 1 heterocycles. The predicted molar refractivity (Wildman–Crippen MR) is 111 cm³/mol. The fourth-order valence-corrected chi connectivity index (χ4v) is 3.53. The monoisotopic (exact) mass is 449 g/mol. The maximum absolute atomic E-state index is 12.7. The zero-order valence-corrected chi connectivity index (χ0v) is 17.1. The Morgan fingerprint density at radius 3 is 2.45 bits per heavy atom. The Balaban J connectivity index is 1.51. The van der Waals surface area contributed by atoms with Gasteiger partial charge in [0.2, 0.25) is 0 Å². The maximum atomic E-state index is 12.7. The van der Waals surface area contributed by atoms with Gasteiger partial charge in [0.05, 0.1) is 24.1 Å². The number of hydrogen-bond donors (Lipinski definition) is 2. The topological polar surface area (TPSA) is 80.3 Å². The van der Waals surface area contributed by atoms with Crippen molar-refractivity contribution in [1.29, 1.82) is 0 Å². The lowest BCUT2D eigenvalue weighted by Crippen LogP contribution is -2.36. The van der Waals surface area contributed by atoms with Crippen LogP contribution in [0.5, 0.6) is 5.75 Å². The number of alkyl halides is 3. The van der Waals surface area contributed by atoms with Crippen LogP contribution in [0, 0.1) is 0 Å². The molecule has 162 valence electrons. The summed E-state index contributed by atoms with van der Waals surface area (Å²) < 4.78 is 43.1. The standard InChI is InChI=1S/C21H18F3N3O3S/c1-30-17-5-3-2-4-16(17)27-19(29)18(28)25-11-10-15-12-31-20(26-15)13-6-8-14(9-7-13)21(22,23)24/h2-9,12H,10-11H2,1H3,(H,25,28)(H,27,29). The van der Waals surface area contributed by atoms with E-state index in [-0.39, 0.29) is 6.54 Å². The molecule has 0 unspecified atom stereocenters. The summed E-state index contributed by atoms with van der Waals surface area (Å²) in [6.45, 7) is 0.175. The molecular weight excluding hydrogens is 431 g/mol. The van der Waals surface area contributed by atoms with E-state index in [1.807, 2.05) is 0 Å². The van der Waals surface area contributed by atoms with Gasteiger partial charge in [-0.1, -0.05) is 24.3 Å². The minimum Gasteiger partial charge on any atom is -0.495 e. The van der Waals surface area contributed by atoms with E-state index in [1.54, 1.807) is 29.6 Å². The minimum atomic E-state index is -4.39. The molecule has 3 rings (SSSR count). The average Bonchev–Trinajstić information content (AvgIpc) is 3.22. The number of aromatic nitrogens is 1. The number of carbonyl (C=O) groups is 2. The zero-order valence-electron chi connectivity index (χ0n) is 16.3. The van der Waals surface area contributed by atoms with Crippen LogP contribution < -0.4 is 15.4 Å². The molecule has 31 heavy (non-hydrogen) atoms. The normalized spacial score (nSPS) is 11.1. The van der Waals surface area contributed by atoms with E-state index in [2.05, 4.69) is 15.6 Å². The number of rotatable bonds is 6. The summed E-state index contributed by atoms with van der Waals surface area (Å²) in [5, 5.41) is 7.32. The number of thiazole rings is 1. The molecule has 0 aliphatic carbocycles. The molecule has 0 radical (unpaired) electrons. The molecule has 1 aromatic heterocycles. The van der Waals surface area contributed by atoms with Gasteiger partial charge in [-0.2, -0.15) is 13.2 Å². The number of anilines is 1. The van der Waals surface area contributed by atoms with Gasteiger partial charge < -0.3 is 15.4 Å². The Labute approximate surface area is 180 Å². The van der Waals surface area contributed by atoms with Crippen LogP contribution in [0.1, 0.15) is 11.3 Å². The van der Waals surface area contributed by atoms with Gasteiger partial charge in [0.25, 0.3) is 0 Å². The molecule has 0 aliphatic rings. The summed E-state index contributed by atoms with van der Waals surface area (Å²) in [5.74, 6) is -1.20. The van der Waals surface area contributed by atoms with E-state index in [9.17, 15) is 22.8 Å². The number of carbonyl (C=O) groups excluding carboxylic acids is 2. The van der Waals surface area contributed by atoms with Gasteiger partial charge in [0.1, 0.15) is 10.8 Å². The number of benzene rings is 2. The lowest BCUT2D eigenvalue weighted by Gasteiger charge is -2.09. The summed E-state index contributed by atoms with van der Waals surface area (Å²) in [6, 6.07) is 11.5. The van der Waals surface area contributed by atoms with Gasteiger partial charge in [0, 0.05) is 23.9 Å². The number of nitrogens with one attached hydrogen (secondary N) is 2. The van der Waals surface area contributed by atoms with Crippen molar-refractivity contribution in [1.82, 2.24) is 10.3 Å². The number of amides is 2. The van der Waals surface area contributed by atoms with Gasteiger partial charge in [-0.05, 0) is 24.3 Å². The van der Waals surface area contributed by atoms with Crippen LogP contribution in [0.25, 0.3) is 10.6 Å². The van der Waals surface area contributed by atoms with E-state index in [1.165, 1.54) is 30.6 Å². The molecule has 3 aromatic rings. The Kier molecular flexibility index (Phi) is 6.91. The summed E-state index contributed by atoms with van der Waals surface area (Å²) in [4.78, 5) is 28.4. The van der Waals surface area contributed by atoms with Crippen molar-refractivity contribution in [2.24, 2.45) is 0 Å². The molecule has 6 nitrogen and oxygen atoms in total. The summed E-state index contributed by atoms with van der Waals surface area (Å²) in [7, 11) is 1.46. The molecule has 2 N–H and O–H groups in total. The molecule has 0 saturated carbocycles. The third kappa shape index (κ3) is 5.82. The van der Waals surface area contributed by atoms with Gasteiger partial charge >= 0.3 is 18.0 Å².